The Hall–Kier alpha value is -2.09. The summed E-state index contributed by atoms with van der Waals surface area (Å²) in [5.41, 5.74) is 5.70. The predicted octanol–water partition coefficient (Wildman–Crippen LogP) is 5.32. The summed E-state index contributed by atoms with van der Waals surface area (Å²) in [7, 11) is 0. The fourth-order valence-corrected chi connectivity index (χ4v) is 2.51. The monoisotopic (exact) mass is 265 g/mol. The molecule has 0 saturated heterocycles. The molecule has 0 N–H and O–H groups in total. The number of rotatable bonds is 3. The molecule has 0 aliphatic rings. The predicted molar refractivity (Wildman–Crippen MR) is 82.9 cm³/mol. The van der Waals surface area contributed by atoms with Gasteiger partial charge < -0.3 is 4.42 Å². The smallest absolute Gasteiger partial charge is 0.152 e. The van der Waals surface area contributed by atoms with Crippen molar-refractivity contribution in [2.45, 2.75) is 33.1 Å². The summed E-state index contributed by atoms with van der Waals surface area (Å²) in [6, 6.07) is 10.8. The van der Waals surface area contributed by atoms with E-state index < -0.39 is 0 Å². The lowest BCUT2D eigenvalue weighted by atomic mass is 9.94. The Bertz CT molecular complexity index is 742. The van der Waals surface area contributed by atoms with Crippen LogP contribution in [0.5, 0.6) is 0 Å². The Morgan fingerprint density at radius 3 is 2.85 bits per heavy atom. The Morgan fingerprint density at radius 2 is 2.05 bits per heavy atom. The maximum atomic E-state index is 5.35. The minimum Gasteiger partial charge on any atom is -0.463 e. The van der Waals surface area contributed by atoms with Crippen LogP contribution >= 0.6 is 0 Å². The zero-order chi connectivity index (χ0) is 14.1. The first kappa shape index (κ1) is 12.9. The van der Waals surface area contributed by atoms with Crippen molar-refractivity contribution < 1.29 is 4.42 Å². The normalized spacial score (nSPS) is 12.8. The number of benzene rings is 1. The van der Waals surface area contributed by atoms with E-state index in [4.69, 9.17) is 4.42 Å². The van der Waals surface area contributed by atoms with E-state index in [1.54, 1.807) is 12.5 Å². The van der Waals surface area contributed by atoms with Gasteiger partial charge in [0.05, 0.1) is 18.2 Å². The Balaban J connectivity index is 2.10. The van der Waals surface area contributed by atoms with Crippen molar-refractivity contribution in [3.05, 3.63) is 53.9 Å². The molecule has 0 amide bonds. The number of aryl methyl sites for hydroxylation is 1. The van der Waals surface area contributed by atoms with Gasteiger partial charge in [0.25, 0.3) is 0 Å². The lowest BCUT2D eigenvalue weighted by Gasteiger charge is -2.12. The summed E-state index contributed by atoms with van der Waals surface area (Å²) in [6.07, 6.45) is 4.66. The van der Waals surface area contributed by atoms with Crippen molar-refractivity contribution in [3.63, 3.8) is 0 Å². The highest BCUT2D eigenvalue weighted by molar-refractivity contribution is 5.81. The van der Waals surface area contributed by atoms with Crippen LogP contribution in [-0.4, -0.2) is 4.98 Å². The van der Waals surface area contributed by atoms with Gasteiger partial charge in [-0.3, -0.25) is 4.98 Å². The Labute approximate surface area is 119 Å². The molecule has 3 aromatic rings. The number of hydrogen-bond donors (Lipinski definition) is 0. The topological polar surface area (TPSA) is 26.0 Å². The van der Waals surface area contributed by atoms with Gasteiger partial charge >= 0.3 is 0 Å². The lowest BCUT2D eigenvalue weighted by Crippen LogP contribution is -1.94. The third-order valence-electron chi connectivity index (χ3n) is 3.92. The fourth-order valence-electron chi connectivity index (χ4n) is 2.51. The van der Waals surface area contributed by atoms with Crippen molar-refractivity contribution >= 4 is 11.0 Å². The quantitative estimate of drug-likeness (QED) is 0.640. The van der Waals surface area contributed by atoms with Crippen molar-refractivity contribution in [1.29, 1.82) is 0 Å². The van der Waals surface area contributed by atoms with E-state index in [9.17, 15) is 0 Å². The molecule has 20 heavy (non-hydrogen) atoms. The van der Waals surface area contributed by atoms with Gasteiger partial charge in [-0.2, -0.15) is 0 Å². The first-order valence-electron chi connectivity index (χ1n) is 7.12. The van der Waals surface area contributed by atoms with Crippen LogP contribution < -0.4 is 0 Å². The summed E-state index contributed by atoms with van der Waals surface area (Å²) < 4.78 is 5.35. The van der Waals surface area contributed by atoms with Crippen LogP contribution in [0.4, 0.5) is 0 Å². The molecule has 0 spiro atoms. The molecule has 0 aliphatic carbocycles. The summed E-state index contributed by atoms with van der Waals surface area (Å²) in [6.45, 7) is 6.64. The van der Waals surface area contributed by atoms with Crippen molar-refractivity contribution in [1.82, 2.24) is 4.98 Å². The summed E-state index contributed by atoms with van der Waals surface area (Å²) in [5, 5.41) is 1.10. The molecule has 0 fully saturated rings. The van der Waals surface area contributed by atoms with Gasteiger partial charge in [0.15, 0.2) is 5.58 Å². The molecule has 2 aromatic heterocycles. The molecular formula is C18H19NO. The molecule has 2 heterocycles. The minimum absolute atomic E-state index is 0.575. The second-order valence-electron chi connectivity index (χ2n) is 5.47. The first-order valence-corrected chi connectivity index (χ1v) is 7.12. The number of fused-ring (bicyclic) bond motifs is 1. The SMILES string of the molecule is CCC(C)c1cc(C)cc(-c2cc3ccoc3cn2)c1. The second kappa shape index (κ2) is 5.12. The first-order chi connectivity index (χ1) is 9.67. The highest BCUT2D eigenvalue weighted by Crippen LogP contribution is 2.28. The van der Waals surface area contributed by atoms with Crippen LogP contribution in [0.1, 0.15) is 37.3 Å². The molecule has 2 heteroatoms. The molecule has 1 aromatic carbocycles. The molecule has 0 saturated carbocycles. The van der Waals surface area contributed by atoms with Crippen LogP contribution in [0, 0.1) is 6.92 Å². The zero-order valence-electron chi connectivity index (χ0n) is 12.2. The molecule has 2 nitrogen and oxygen atoms in total. The standard InChI is InChI=1S/C18H19NO/c1-4-13(3)15-7-12(2)8-16(9-15)17-10-14-5-6-20-18(14)11-19-17/h5-11,13H,4H2,1-3H3. The van der Waals surface area contributed by atoms with E-state index in [2.05, 4.69) is 50.0 Å². The molecule has 0 radical (unpaired) electrons. The maximum Gasteiger partial charge on any atom is 0.152 e. The maximum absolute atomic E-state index is 5.35. The largest absolute Gasteiger partial charge is 0.463 e. The summed E-state index contributed by atoms with van der Waals surface area (Å²) >= 11 is 0. The lowest BCUT2D eigenvalue weighted by molar-refractivity contribution is 0.614. The van der Waals surface area contributed by atoms with Crippen molar-refractivity contribution in [3.8, 4) is 11.3 Å². The molecule has 3 rings (SSSR count). The summed E-state index contributed by atoms with van der Waals surface area (Å²) in [4.78, 5) is 4.52. The molecule has 1 atom stereocenters. The van der Waals surface area contributed by atoms with Crippen LogP contribution in [0.15, 0.2) is 47.2 Å². The molecule has 102 valence electrons. The van der Waals surface area contributed by atoms with Crippen molar-refractivity contribution in [2.75, 3.05) is 0 Å². The van der Waals surface area contributed by atoms with Gasteiger partial charge in [-0.1, -0.05) is 25.5 Å². The Morgan fingerprint density at radius 1 is 1.20 bits per heavy atom. The number of furan rings is 1. The van der Waals surface area contributed by atoms with E-state index in [-0.39, 0.29) is 0 Å². The zero-order valence-corrected chi connectivity index (χ0v) is 12.2. The van der Waals surface area contributed by atoms with Crippen LogP contribution in [0.3, 0.4) is 0 Å². The highest BCUT2D eigenvalue weighted by atomic mass is 16.3. The van der Waals surface area contributed by atoms with Crippen LogP contribution in [0.25, 0.3) is 22.2 Å². The summed E-state index contributed by atoms with van der Waals surface area (Å²) in [5.74, 6) is 0.575. The van der Waals surface area contributed by atoms with Gasteiger partial charge in [0.1, 0.15) is 0 Å². The van der Waals surface area contributed by atoms with E-state index in [0.717, 1.165) is 23.1 Å². The van der Waals surface area contributed by atoms with E-state index in [0.29, 0.717) is 5.92 Å². The second-order valence-corrected chi connectivity index (χ2v) is 5.47. The third kappa shape index (κ3) is 2.34. The van der Waals surface area contributed by atoms with Crippen molar-refractivity contribution in [2.24, 2.45) is 0 Å². The molecule has 0 bridgehead atoms. The minimum atomic E-state index is 0.575. The number of nitrogens with zero attached hydrogens (tertiary/aromatic N) is 1. The number of hydrogen-bond acceptors (Lipinski definition) is 2. The average Bonchev–Trinajstić information content (AvgIpc) is 2.93. The molecular weight excluding hydrogens is 246 g/mol. The van der Waals surface area contributed by atoms with E-state index in [1.165, 1.54) is 16.7 Å². The van der Waals surface area contributed by atoms with Crippen LogP contribution in [-0.2, 0) is 0 Å². The average molecular weight is 265 g/mol. The van der Waals surface area contributed by atoms with Gasteiger partial charge in [0.2, 0.25) is 0 Å². The third-order valence-corrected chi connectivity index (χ3v) is 3.92. The fraction of sp³-hybridized carbons (Fsp3) is 0.278. The van der Waals surface area contributed by atoms with E-state index in [1.807, 2.05) is 6.07 Å². The highest BCUT2D eigenvalue weighted by Gasteiger charge is 2.08. The van der Waals surface area contributed by atoms with Gasteiger partial charge in [-0.15, -0.1) is 0 Å². The van der Waals surface area contributed by atoms with Gasteiger partial charge in [-0.25, -0.2) is 0 Å². The van der Waals surface area contributed by atoms with Crippen LogP contribution in [0.2, 0.25) is 0 Å². The van der Waals surface area contributed by atoms with E-state index >= 15 is 0 Å². The number of pyridine rings is 1. The van der Waals surface area contributed by atoms with Gasteiger partial charge in [0, 0.05) is 10.9 Å². The van der Waals surface area contributed by atoms with Gasteiger partial charge in [-0.05, 0) is 49.1 Å². The number of aromatic nitrogens is 1. The molecule has 1 unspecified atom stereocenters. The Kier molecular flexibility index (Phi) is 3.31. The molecule has 0 aliphatic heterocycles.